The molecule has 0 aromatic carbocycles. The fourth-order valence-corrected chi connectivity index (χ4v) is 0.656. The maximum atomic E-state index is 12.2. The zero-order chi connectivity index (χ0) is 10.9. The van der Waals surface area contributed by atoms with Gasteiger partial charge in [0.05, 0.1) is 0 Å². The lowest BCUT2D eigenvalue weighted by molar-refractivity contribution is -0.259. The maximum absolute atomic E-state index is 12.2. The van der Waals surface area contributed by atoms with E-state index in [1.807, 2.05) is 0 Å². The molecule has 0 saturated carbocycles. The largest absolute Gasteiger partial charge is 0.403 e. The Balaban J connectivity index is 4.93. The van der Waals surface area contributed by atoms with Crippen molar-refractivity contribution in [1.29, 1.82) is 0 Å². The summed E-state index contributed by atoms with van der Waals surface area (Å²) in [5, 5.41) is 0. The molecule has 0 radical (unpaired) electrons. The molecule has 78 valence electrons. The smallest absolute Gasteiger partial charge is 0.210 e. The summed E-state index contributed by atoms with van der Waals surface area (Å²) in [6.07, 6.45) is -10.3. The Bertz CT molecular complexity index is 180. The number of hydrogen-bond acceptors (Lipinski definition) is 0. The molecule has 13 heavy (non-hydrogen) atoms. The summed E-state index contributed by atoms with van der Waals surface area (Å²) in [4.78, 5) is 0. The molecule has 0 bridgehead atoms. The summed E-state index contributed by atoms with van der Waals surface area (Å²) >= 11 is 0. The maximum Gasteiger partial charge on any atom is 0.403 e. The molecule has 0 aliphatic heterocycles. The second-order valence-corrected chi connectivity index (χ2v) is 2.23. The minimum absolute atomic E-state index is 0.433. The second kappa shape index (κ2) is 3.55. The van der Waals surface area contributed by atoms with Crippen LogP contribution in [0.4, 0.5) is 30.7 Å². The Morgan fingerprint density at radius 1 is 1.00 bits per heavy atom. The van der Waals surface area contributed by atoms with Gasteiger partial charge in [-0.3, -0.25) is 0 Å². The monoisotopic (exact) mass is 210 g/mol. The summed E-state index contributed by atoms with van der Waals surface area (Å²) in [6, 6.07) is 0. The van der Waals surface area contributed by atoms with E-state index in [9.17, 15) is 30.7 Å². The van der Waals surface area contributed by atoms with Gasteiger partial charge in [-0.15, -0.1) is 0 Å². The van der Waals surface area contributed by atoms with E-state index in [2.05, 4.69) is 6.58 Å². The van der Waals surface area contributed by atoms with Crippen molar-refractivity contribution in [3.05, 3.63) is 12.7 Å². The first-order valence-corrected chi connectivity index (χ1v) is 2.99. The van der Waals surface area contributed by atoms with Crippen LogP contribution in [-0.2, 0) is 0 Å². The molecule has 0 nitrogen and oxygen atoms in total. The van der Waals surface area contributed by atoms with Gasteiger partial charge in [0, 0.05) is 0 Å². The van der Waals surface area contributed by atoms with Gasteiger partial charge in [0.25, 0.3) is 12.3 Å². The highest BCUT2D eigenvalue weighted by Crippen LogP contribution is 2.42. The first-order chi connectivity index (χ1) is 5.63. The van der Waals surface area contributed by atoms with Gasteiger partial charge >= 0.3 is 6.18 Å². The van der Waals surface area contributed by atoms with Crippen LogP contribution in [-0.4, -0.2) is 18.5 Å². The SMILES string of the molecule is C=CC(F)(F)C(C(F)F)C(F)(F)F. The van der Waals surface area contributed by atoms with Gasteiger partial charge in [-0.2, -0.15) is 13.2 Å². The Hall–Kier alpha value is -0.750. The molecule has 0 aromatic rings. The molecular weight excluding hydrogens is 205 g/mol. The predicted molar refractivity (Wildman–Crippen MR) is 30.7 cm³/mol. The highest BCUT2D eigenvalue weighted by atomic mass is 19.4. The first-order valence-electron chi connectivity index (χ1n) is 2.99. The highest BCUT2D eigenvalue weighted by Gasteiger charge is 2.59. The summed E-state index contributed by atoms with van der Waals surface area (Å²) in [6.45, 7) is 2.37. The van der Waals surface area contributed by atoms with Gasteiger partial charge in [-0.25, -0.2) is 17.6 Å². The minimum atomic E-state index is -5.65. The molecule has 1 atom stereocenters. The zero-order valence-electron chi connectivity index (χ0n) is 6.08. The third-order valence-corrected chi connectivity index (χ3v) is 1.29. The fourth-order valence-electron chi connectivity index (χ4n) is 0.656. The van der Waals surface area contributed by atoms with E-state index in [4.69, 9.17) is 0 Å². The quantitative estimate of drug-likeness (QED) is 0.495. The van der Waals surface area contributed by atoms with Crippen molar-refractivity contribution in [1.82, 2.24) is 0 Å². The molecular formula is C6H5F7. The molecule has 0 saturated heterocycles. The van der Waals surface area contributed by atoms with Crippen LogP contribution in [0.15, 0.2) is 12.7 Å². The number of rotatable bonds is 3. The summed E-state index contributed by atoms with van der Waals surface area (Å²) in [5.41, 5.74) is 0. The minimum Gasteiger partial charge on any atom is -0.210 e. The second-order valence-electron chi connectivity index (χ2n) is 2.23. The van der Waals surface area contributed by atoms with Crippen molar-refractivity contribution in [3.8, 4) is 0 Å². The summed E-state index contributed by atoms with van der Waals surface area (Å²) in [5.74, 6) is -8.63. The van der Waals surface area contributed by atoms with Gasteiger partial charge < -0.3 is 0 Å². The Labute approximate surface area is 69.0 Å². The van der Waals surface area contributed by atoms with E-state index in [1.54, 1.807) is 0 Å². The molecule has 7 heteroatoms. The number of halogens is 7. The average Bonchev–Trinajstić information content (AvgIpc) is 1.82. The lowest BCUT2D eigenvalue weighted by Gasteiger charge is -2.25. The van der Waals surface area contributed by atoms with E-state index in [0.29, 0.717) is 0 Å². The number of hydrogen-bond donors (Lipinski definition) is 0. The topological polar surface area (TPSA) is 0 Å². The lowest BCUT2D eigenvalue weighted by atomic mass is 10.0. The van der Waals surface area contributed by atoms with Crippen molar-refractivity contribution in [2.75, 3.05) is 0 Å². The van der Waals surface area contributed by atoms with Gasteiger partial charge in [-0.1, -0.05) is 6.58 Å². The first kappa shape index (κ1) is 12.2. The number of allylic oxidation sites excluding steroid dienone is 1. The molecule has 0 spiro atoms. The van der Waals surface area contributed by atoms with Crippen LogP contribution in [0.3, 0.4) is 0 Å². The van der Waals surface area contributed by atoms with Gasteiger partial charge in [-0.05, 0) is 6.08 Å². The third kappa shape index (κ3) is 2.89. The van der Waals surface area contributed by atoms with Crippen LogP contribution in [0.25, 0.3) is 0 Å². The Morgan fingerprint density at radius 2 is 1.38 bits per heavy atom. The van der Waals surface area contributed by atoms with Gasteiger partial charge in [0.1, 0.15) is 0 Å². The van der Waals surface area contributed by atoms with Gasteiger partial charge in [0.2, 0.25) is 0 Å². The lowest BCUT2D eigenvalue weighted by Crippen LogP contribution is -2.42. The molecule has 0 aliphatic rings. The fraction of sp³-hybridized carbons (Fsp3) is 0.667. The third-order valence-electron chi connectivity index (χ3n) is 1.29. The zero-order valence-corrected chi connectivity index (χ0v) is 6.08. The molecule has 0 rings (SSSR count). The van der Waals surface area contributed by atoms with Crippen LogP contribution in [0.5, 0.6) is 0 Å². The van der Waals surface area contributed by atoms with Crippen LogP contribution >= 0.6 is 0 Å². The normalized spacial score (nSPS) is 16.0. The van der Waals surface area contributed by atoms with Crippen LogP contribution in [0.1, 0.15) is 0 Å². The van der Waals surface area contributed by atoms with Crippen molar-refractivity contribution >= 4 is 0 Å². The van der Waals surface area contributed by atoms with Crippen LogP contribution < -0.4 is 0 Å². The molecule has 0 heterocycles. The molecule has 0 amide bonds. The van der Waals surface area contributed by atoms with Crippen molar-refractivity contribution < 1.29 is 30.7 Å². The molecule has 1 unspecified atom stereocenters. The van der Waals surface area contributed by atoms with E-state index >= 15 is 0 Å². The van der Waals surface area contributed by atoms with Crippen molar-refractivity contribution in [3.63, 3.8) is 0 Å². The Morgan fingerprint density at radius 3 is 1.46 bits per heavy atom. The van der Waals surface area contributed by atoms with Crippen LogP contribution in [0, 0.1) is 5.92 Å². The highest BCUT2D eigenvalue weighted by molar-refractivity contribution is 4.96. The predicted octanol–water partition coefficient (Wildman–Crippen LogP) is 3.25. The molecule has 0 aromatic heterocycles. The summed E-state index contributed by atoms with van der Waals surface area (Å²) in [7, 11) is 0. The van der Waals surface area contributed by atoms with E-state index < -0.39 is 30.5 Å². The Kier molecular flexibility index (Phi) is 3.34. The molecule has 0 N–H and O–H groups in total. The van der Waals surface area contributed by atoms with E-state index in [-0.39, 0.29) is 0 Å². The number of alkyl halides is 7. The molecule has 0 aliphatic carbocycles. The summed E-state index contributed by atoms with van der Waals surface area (Å²) < 4.78 is 82.7. The van der Waals surface area contributed by atoms with Gasteiger partial charge in [0.15, 0.2) is 5.92 Å². The standard InChI is InChI=1S/C6H5F7/c1-2-5(9,10)3(4(7)8)6(11,12)13/h2-4H,1H2. The van der Waals surface area contributed by atoms with Crippen LogP contribution in [0.2, 0.25) is 0 Å². The van der Waals surface area contributed by atoms with E-state index in [0.717, 1.165) is 0 Å². The molecule has 0 fully saturated rings. The van der Waals surface area contributed by atoms with Crippen molar-refractivity contribution in [2.24, 2.45) is 5.92 Å². The van der Waals surface area contributed by atoms with E-state index in [1.165, 1.54) is 0 Å². The van der Waals surface area contributed by atoms with Crippen molar-refractivity contribution in [2.45, 2.75) is 18.5 Å². The average molecular weight is 210 g/mol.